The first kappa shape index (κ1) is 16.0. The number of hydrogen-bond acceptors (Lipinski definition) is 1. The zero-order chi connectivity index (χ0) is 15.4. The van der Waals surface area contributed by atoms with Crippen molar-refractivity contribution in [2.75, 3.05) is 0 Å². The maximum absolute atomic E-state index is 12.4. The molecule has 0 saturated carbocycles. The minimum absolute atomic E-state index is 0.00919. The molecule has 1 N–H and O–H groups in total. The van der Waals surface area contributed by atoms with Crippen molar-refractivity contribution < 1.29 is 4.79 Å². The van der Waals surface area contributed by atoms with Crippen molar-refractivity contribution in [3.8, 4) is 0 Å². The standard InChI is InChI=1S/C18H20INO/c1-4-17(14-10-9-12(2)13(3)11-14)20-18(21)15-7-5-6-8-16(15)19/h5-11,17H,4H2,1-3H3,(H,20,21)/t17-/m1/s1. The van der Waals surface area contributed by atoms with Crippen LogP contribution in [0.4, 0.5) is 0 Å². The highest BCUT2D eigenvalue weighted by Crippen LogP contribution is 2.21. The summed E-state index contributed by atoms with van der Waals surface area (Å²) in [6, 6.07) is 14.1. The molecule has 21 heavy (non-hydrogen) atoms. The number of carbonyl (C=O) groups is 1. The maximum atomic E-state index is 12.4. The number of hydrogen-bond donors (Lipinski definition) is 1. The van der Waals surface area contributed by atoms with Gasteiger partial charge in [0.15, 0.2) is 0 Å². The average Bonchev–Trinajstić information content (AvgIpc) is 2.48. The molecule has 0 aliphatic carbocycles. The molecule has 0 radical (unpaired) electrons. The second-order valence-electron chi connectivity index (χ2n) is 5.26. The van der Waals surface area contributed by atoms with Gasteiger partial charge in [-0.1, -0.05) is 37.3 Å². The fourth-order valence-electron chi connectivity index (χ4n) is 2.28. The van der Waals surface area contributed by atoms with E-state index in [0.29, 0.717) is 0 Å². The van der Waals surface area contributed by atoms with Crippen LogP contribution in [0.15, 0.2) is 42.5 Å². The van der Waals surface area contributed by atoms with Crippen LogP contribution >= 0.6 is 22.6 Å². The summed E-state index contributed by atoms with van der Waals surface area (Å²) in [7, 11) is 0. The lowest BCUT2D eigenvalue weighted by molar-refractivity contribution is 0.0934. The van der Waals surface area contributed by atoms with E-state index in [9.17, 15) is 4.79 Å². The molecule has 0 aliphatic heterocycles. The summed E-state index contributed by atoms with van der Waals surface area (Å²) in [5.74, 6) is -0.00919. The molecule has 1 amide bonds. The minimum Gasteiger partial charge on any atom is -0.345 e. The Labute approximate surface area is 140 Å². The van der Waals surface area contributed by atoms with Crippen molar-refractivity contribution in [1.29, 1.82) is 0 Å². The van der Waals surface area contributed by atoms with Gasteiger partial charge in [-0.05, 0) is 71.7 Å². The van der Waals surface area contributed by atoms with Gasteiger partial charge in [-0.2, -0.15) is 0 Å². The summed E-state index contributed by atoms with van der Waals surface area (Å²) in [5.41, 5.74) is 4.44. The fraction of sp³-hybridized carbons (Fsp3) is 0.278. The van der Waals surface area contributed by atoms with Crippen LogP contribution in [-0.4, -0.2) is 5.91 Å². The van der Waals surface area contributed by atoms with Crippen LogP contribution in [0, 0.1) is 17.4 Å². The van der Waals surface area contributed by atoms with E-state index < -0.39 is 0 Å². The molecule has 2 rings (SSSR count). The van der Waals surface area contributed by atoms with E-state index in [0.717, 1.165) is 15.6 Å². The summed E-state index contributed by atoms with van der Waals surface area (Å²) in [6.07, 6.45) is 0.873. The van der Waals surface area contributed by atoms with Crippen LogP contribution in [0.5, 0.6) is 0 Å². The number of benzene rings is 2. The Morgan fingerprint density at radius 2 is 1.86 bits per heavy atom. The highest BCUT2D eigenvalue weighted by atomic mass is 127. The first-order valence-corrected chi connectivity index (χ1v) is 8.23. The lowest BCUT2D eigenvalue weighted by atomic mass is 9.99. The van der Waals surface area contributed by atoms with Crippen molar-refractivity contribution >= 4 is 28.5 Å². The van der Waals surface area contributed by atoms with Crippen LogP contribution in [0.25, 0.3) is 0 Å². The predicted molar refractivity (Wildman–Crippen MR) is 95.6 cm³/mol. The van der Waals surface area contributed by atoms with Gasteiger partial charge in [0, 0.05) is 3.57 Å². The van der Waals surface area contributed by atoms with E-state index in [1.807, 2.05) is 24.3 Å². The maximum Gasteiger partial charge on any atom is 0.252 e. The Morgan fingerprint density at radius 1 is 1.14 bits per heavy atom. The van der Waals surface area contributed by atoms with Crippen molar-refractivity contribution in [2.24, 2.45) is 0 Å². The van der Waals surface area contributed by atoms with Crippen LogP contribution in [0.1, 0.15) is 46.4 Å². The normalized spacial score (nSPS) is 12.0. The van der Waals surface area contributed by atoms with Gasteiger partial charge in [0.2, 0.25) is 0 Å². The van der Waals surface area contributed by atoms with Crippen molar-refractivity contribution in [3.05, 3.63) is 68.3 Å². The van der Waals surface area contributed by atoms with Gasteiger partial charge in [0.1, 0.15) is 0 Å². The third-order valence-electron chi connectivity index (χ3n) is 3.77. The van der Waals surface area contributed by atoms with Gasteiger partial charge >= 0.3 is 0 Å². The van der Waals surface area contributed by atoms with Gasteiger partial charge in [-0.3, -0.25) is 4.79 Å². The lowest BCUT2D eigenvalue weighted by Gasteiger charge is -2.19. The summed E-state index contributed by atoms with van der Waals surface area (Å²) >= 11 is 2.20. The zero-order valence-corrected chi connectivity index (χ0v) is 14.8. The second-order valence-corrected chi connectivity index (χ2v) is 6.42. The molecule has 0 bridgehead atoms. The van der Waals surface area contributed by atoms with E-state index >= 15 is 0 Å². The van der Waals surface area contributed by atoms with E-state index in [-0.39, 0.29) is 11.9 Å². The average molecular weight is 393 g/mol. The van der Waals surface area contributed by atoms with Crippen LogP contribution in [0.3, 0.4) is 0 Å². The Kier molecular flexibility index (Phi) is 5.39. The molecule has 0 spiro atoms. The van der Waals surface area contributed by atoms with Crippen LogP contribution in [-0.2, 0) is 0 Å². The first-order valence-electron chi connectivity index (χ1n) is 7.15. The number of rotatable bonds is 4. The third-order valence-corrected chi connectivity index (χ3v) is 4.71. The summed E-state index contributed by atoms with van der Waals surface area (Å²) < 4.78 is 0.975. The summed E-state index contributed by atoms with van der Waals surface area (Å²) in [4.78, 5) is 12.4. The number of amides is 1. The zero-order valence-electron chi connectivity index (χ0n) is 12.6. The molecule has 0 unspecified atom stereocenters. The predicted octanol–water partition coefficient (Wildman–Crippen LogP) is 4.79. The fourth-order valence-corrected chi connectivity index (χ4v) is 2.92. The quantitative estimate of drug-likeness (QED) is 0.744. The summed E-state index contributed by atoms with van der Waals surface area (Å²) in [5, 5.41) is 3.14. The Bertz CT molecular complexity index is 651. The van der Waals surface area contributed by atoms with Crippen molar-refractivity contribution in [1.82, 2.24) is 5.32 Å². The van der Waals surface area contributed by atoms with Gasteiger partial charge < -0.3 is 5.32 Å². The second kappa shape index (κ2) is 7.07. The van der Waals surface area contributed by atoms with Gasteiger partial charge in [0.05, 0.1) is 11.6 Å². The molecule has 2 nitrogen and oxygen atoms in total. The van der Waals surface area contributed by atoms with E-state index in [4.69, 9.17) is 0 Å². The molecule has 110 valence electrons. The van der Waals surface area contributed by atoms with E-state index in [1.54, 1.807) is 0 Å². The largest absolute Gasteiger partial charge is 0.345 e. The minimum atomic E-state index is -0.00919. The molecule has 2 aromatic rings. The monoisotopic (exact) mass is 393 g/mol. The van der Waals surface area contributed by atoms with Crippen LogP contribution in [0.2, 0.25) is 0 Å². The number of aryl methyl sites for hydroxylation is 2. The van der Waals surface area contributed by atoms with Crippen LogP contribution < -0.4 is 5.32 Å². The van der Waals surface area contributed by atoms with Gasteiger partial charge in [-0.15, -0.1) is 0 Å². The van der Waals surface area contributed by atoms with Crippen molar-refractivity contribution in [3.63, 3.8) is 0 Å². The third kappa shape index (κ3) is 3.84. The SMILES string of the molecule is CC[C@@H](NC(=O)c1ccccc1I)c1ccc(C)c(C)c1. The number of halogens is 1. The molecule has 0 aromatic heterocycles. The number of nitrogens with one attached hydrogen (secondary N) is 1. The molecule has 0 saturated heterocycles. The molecule has 0 fully saturated rings. The molecular formula is C18H20INO. The topological polar surface area (TPSA) is 29.1 Å². The molecule has 0 heterocycles. The number of carbonyl (C=O) groups excluding carboxylic acids is 1. The smallest absolute Gasteiger partial charge is 0.252 e. The van der Waals surface area contributed by atoms with Gasteiger partial charge in [-0.25, -0.2) is 0 Å². The molecule has 0 aliphatic rings. The molecule has 1 atom stereocenters. The van der Waals surface area contributed by atoms with E-state index in [2.05, 4.69) is 66.9 Å². The summed E-state index contributed by atoms with van der Waals surface area (Å²) in [6.45, 7) is 6.30. The molecule has 2 aromatic carbocycles. The van der Waals surface area contributed by atoms with Crippen molar-refractivity contribution in [2.45, 2.75) is 33.2 Å². The highest BCUT2D eigenvalue weighted by molar-refractivity contribution is 14.1. The highest BCUT2D eigenvalue weighted by Gasteiger charge is 2.16. The van der Waals surface area contributed by atoms with E-state index in [1.165, 1.54) is 16.7 Å². The Hall–Kier alpha value is -1.36. The Morgan fingerprint density at radius 3 is 2.48 bits per heavy atom. The van der Waals surface area contributed by atoms with Gasteiger partial charge in [0.25, 0.3) is 5.91 Å². The Balaban J connectivity index is 2.21. The lowest BCUT2D eigenvalue weighted by Crippen LogP contribution is -2.28. The molecular weight excluding hydrogens is 373 g/mol. The molecule has 3 heteroatoms. The first-order chi connectivity index (χ1) is 10.0.